The van der Waals surface area contributed by atoms with E-state index in [4.69, 9.17) is 0 Å². The number of aromatic nitrogens is 1. The number of aliphatic hydroxyl groups excluding tert-OH is 2. The predicted octanol–water partition coefficient (Wildman–Crippen LogP) is 4.93. The summed E-state index contributed by atoms with van der Waals surface area (Å²) in [5.74, 6) is -3.72. The Morgan fingerprint density at radius 3 is 1.94 bits per heavy atom. The zero-order valence-electron chi connectivity index (χ0n) is 33.3. The van der Waals surface area contributed by atoms with E-state index in [0.717, 1.165) is 82.0 Å². The van der Waals surface area contributed by atoms with E-state index in [-0.39, 0.29) is 11.4 Å². The van der Waals surface area contributed by atoms with E-state index in [1.54, 1.807) is 13.8 Å². The number of methoxy groups -OCH3 is 1. The molecule has 306 valence electrons. The summed E-state index contributed by atoms with van der Waals surface area (Å²) < 4.78 is 4.60. The number of ketones is 1. The average molecular weight is 780 g/mol. The predicted molar refractivity (Wildman–Crippen MR) is 208 cm³/mol. The van der Waals surface area contributed by atoms with Crippen molar-refractivity contribution in [2.24, 2.45) is 5.92 Å². The Bertz CT molecular complexity index is 1370. The molecule has 0 bridgehead atoms. The number of carbonyl (C=O) groups is 6. The number of nitrogens with zero attached hydrogens (tertiary/aromatic N) is 1. The summed E-state index contributed by atoms with van der Waals surface area (Å²) in [7, 11) is 1.21. The Balaban J connectivity index is 2.48. The second-order valence-corrected chi connectivity index (χ2v) is 14.9. The summed E-state index contributed by atoms with van der Waals surface area (Å²) in [4.78, 5) is 79.2. The lowest BCUT2D eigenvalue weighted by molar-refractivity contribution is -0.142. The Hall–Kier alpha value is -3.69. The van der Waals surface area contributed by atoms with E-state index < -0.39 is 65.8 Å². The summed E-state index contributed by atoms with van der Waals surface area (Å²) in [6.45, 7) is 9.65. The minimum absolute atomic E-state index is 0.0542. The lowest BCUT2D eigenvalue weighted by Gasteiger charge is -2.25. The molecule has 0 aromatic carbocycles. The van der Waals surface area contributed by atoms with E-state index in [1.165, 1.54) is 52.2 Å². The fourth-order valence-corrected chi connectivity index (χ4v) is 6.41. The van der Waals surface area contributed by atoms with Crippen LogP contribution in [-0.4, -0.2) is 82.0 Å². The maximum atomic E-state index is 13.1. The molecule has 0 spiro atoms. The number of Topliss-reactive ketones (excluding diaryl/α,β-unsaturated/α-hetero) is 1. The van der Waals surface area contributed by atoms with Gasteiger partial charge in [0, 0.05) is 18.2 Å². The van der Waals surface area contributed by atoms with E-state index in [1.807, 2.05) is 0 Å². The Labute approximate surface area is 325 Å². The largest absolute Gasteiger partial charge is 0.467 e. The molecular formula is C39H65N5O9S. The lowest BCUT2D eigenvalue weighted by Crippen LogP contribution is -2.55. The van der Waals surface area contributed by atoms with Crippen LogP contribution in [0.5, 0.6) is 0 Å². The highest BCUT2D eigenvalue weighted by atomic mass is 32.1. The molecule has 0 saturated heterocycles. The molecule has 15 heteroatoms. The van der Waals surface area contributed by atoms with Crippen molar-refractivity contribution >= 4 is 46.7 Å². The molecular weight excluding hydrogens is 715 g/mol. The molecule has 1 aromatic rings. The zero-order valence-corrected chi connectivity index (χ0v) is 34.1. The van der Waals surface area contributed by atoms with Crippen LogP contribution in [0.4, 0.5) is 0 Å². The Kier molecular flexibility index (Phi) is 24.1. The molecule has 0 radical (unpaired) electrons. The number of rotatable bonds is 28. The number of aliphatic hydroxyl groups is 2. The minimum Gasteiger partial charge on any atom is -0.467 e. The smallest absolute Gasteiger partial charge is 0.328 e. The van der Waals surface area contributed by atoms with E-state index in [9.17, 15) is 39.0 Å². The number of ether oxygens (including phenoxy) is 1. The van der Waals surface area contributed by atoms with Gasteiger partial charge in [0.15, 0.2) is 0 Å². The van der Waals surface area contributed by atoms with Crippen LogP contribution in [0.25, 0.3) is 0 Å². The SMILES string of the molecule is C/C=C(\NC(=O)C(NC(=O)C(C)C(O)CCCCCCCCCCCCC(=O)CCCC)C(C)O)C(=O)NC(C)c1nc(C(=O)NC(C)C(=O)OC)cs1. The molecule has 6 unspecified atom stereocenters. The summed E-state index contributed by atoms with van der Waals surface area (Å²) in [6.07, 6.45) is 13.7. The summed E-state index contributed by atoms with van der Waals surface area (Å²) in [5, 5.41) is 33.1. The summed E-state index contributed by atoms with van der Waals surface area (Å²) in [6, 6.07) is -2.94. The first kappa shape index (κ1) is 48.3. The fraction of sp³-hybridized carbons (Fsp3) is 0.718. The number of carbonyl (C=O) groups excluding carboxylic acids is 6. The van der Waals surface area contributed by atoms with Crippen molar-refractivity contribution in [1.29, 1.82) is 0 Å². The second kappa shape index (κ2) is 27.0. The van der Waals surface area contributed by atoms with Crippen molar-refractivity contribution in [3.05, 3.63) is 27.9 Å². The van der Waals surface area contributed by atoms with Gasteiger partial charge in [-0.15, -0.1) is 11.3 Å². The topological polar surface area (TPSA) is 213 Å². The number of unbranched alkanes of at least 4 members (excludes halogenated alkanes) is 10. The first-order valence-electron chi connectivity index (χ1n) is 19.5. The molecule has 4 amide bonds. The van der Waals surface area contributed by atoms with Gasteiger partial charge < -0.3 is 36.2 Å². The minimum atomic E-state index is -1.40. The third-order valence-corrected chi connectivity index (χ3v) is 10.3. The molecule has 6 N–H and O–H groups in total. The van der Waals surface area contributed by atoms with Crippen LogP contribution in [0.2, 0.25) is 0 Å². The van der Waals surface area contributed by atoms with Gasteiger partial charge in [0.25, 0.3) is 11.8 Å². The zero-order chi connectivity index (χ0) is 40.6. The molecule has 1 heterocycles. The third kappa shape index (κ3) is 18.6. The Morgan fingerprint density at radius 1 is 0.815 bits per heavy atom. The van der Waals surface area contributed by atoms with Crippen LogP contribution in [0.3, 0.4) is 0 Å². The van der Waals surface area contributed by atoms with Crippen LogP contribution in [-0.2, 0) is 28.7 Å². The highest BCUT2D eigenvalue weighted by Gasteiger charge is 2.31. The van der Waals surface area contributed by atoms with Gasteiger partial charge in [0.1, 0.15) is 34.3 Å². The molecule has 0 aliphatic heterocycles. The number of esters is 1. The van der Waals surface area contributed by atoms with Crippen molar-refractivity contribution < 1.29 is 43.7 Å². The molecule has 1 rings (SSSR count). The molecule has 0 aliphatic rings. The van der Waals surface area contributed by atoms with Crippen molar-refractivity contribution in [2.45, 2.75) is 168 Å². The van der Waals surface area contributed by atoms with Gasteiger partial charge in [-0.3, -0.25) is 24.0 Å². The van der Waals surface area contributed by atoms with Gasteiger partial charge in [0.2, 0.25) is 11.8 Å². The number of hydrogen-bond acceptors (Lipinski definition) is 11. The summed E-state index contributed by atoms with van der Waals surface area (Å²) in [5.41, 5.74) is -0.0781. The molecule has 1 aromatic heterocycles. The van der Waals surface area contributed by atoms with E-state index in [2.05, 4.69) is 37.9 Å². The lowest BCUT2D eigenvalue weighted by atomic mass is 9.96. The van der Waals surface area contributed by atoms with Crippen molar-refractivity contribution in [3.63, 3.8) is 0 Å². The van der Waals surface area contributed by atoms with Crippen molar-refractivity contribution in [2.75, 3.05) is 7.11 Å². The van der Waals surface area contributed by atoms with E-state index in [0.29, 0.717) is 23.6 Å². The molecule has 54 heavy (non-hydrogen) atoms. The highest BCUT2D eigenvalue weighted by Crippen LogP contribution is 2.19. The van der Waals surface area contributed by atoms with Crippen molar-refractivity contribution in [3.8, 4) is 0 Å². The van der Waals surface area contributed by atoms with Crippen molar-refractivity contribution in [1.82, 2.24) is 26.3 Å². The van der Waals surface area contributed by atoms with Gasteiger partial charge in [0.05, 0.1) is 31.3 Å². The van der Waals surface area contributed by atoms with Gasteiger partial charge in [-0.2, -0.15) is 0 Å². The fourth-order valence-electron chi connectivity index (χ4n) is 5.61. The molecule has 14 nitrogen and oxygen atoms in total. The number of amides is 4. The van der Waals surface area contributed by atoms with Gasteiger partial charge in [-0.25, -0.2) is 9.78 Å². The van der Waals surface area contributed by atoms with Gasteiger partial charge in [-0.1, -0.05) is 84.1 Å². The van der Waals surface area contributed by atoms with Crippen LogP contribution in [0.15, 0.2) is 17.2 Å². The average Bonchev–Trinajstić information content (AvgIpc) is 3.65. The van der Waals surface area contributed by atoms with Crippen LogP contribution >= 0.6 is 11.3 Å². The highest BCUT2D eigenvalue weighted by molar-refractivity contribution is 7.09. The Morgan fingerprint density at radius 2 is 1.39 bits per heavy atom. The number of allylic oxidation sites excluding steroid dienone is 1. The van der Waals surface area contributed by atoms with Crippen LogP contribution < -0.4 is 21.3 Å². The number of thiazole rings is 1. The van der Waals surface area contributed by atoms with Gasteiger partial charge >= 0.3 is 5.97 Å². The first-order valence-corrected chi connectivity index (χ1v) is 20.3. The van der Waals surface area contributed by atoms with Crippen LogP contribution in [0, 0.1) is 5.92 Å². The van der Waals surface area contributed by atoms with Crippen LogP contribution in [0.1, 0.15) is 159 Å². The first-order chi connectivity index (χ1) is 25.7. The second-order valence-electron chi connectivity index (χ2n) is 14.0. The maximum absolute atomic E-state index is 13.1. The number of nitrogens with one attached hydrogen (secondary N) is 4. The van der Waals surface area contributed by atoms with Gasteiger partial charge in [-0.05, 0) is 47.0 Å². The van der Waals surface area contributed by atoms with E-state index >= 15 is 0 Å². The maximum Gasteiger partial charge on any atom is 0.328 e. The molecule has 0 aliphatic carbocycles. The number of hydrogen-bond donors (Lipinski definition) is 6. The molecule has 6 atom stereocenters. The standard InChI is InChI=1S/C39H65N5O9S/c1-8-10-21-29(46)22-19-17-15-13-11-12-14-16-18-20-23-32(47)25(3)34(48)44-33(28(6)45)37(51)42-30(9-2)35(49)40-26(4)38-43-31(24-54-38)36(50)41-27(5)39(52)53-7/h9,24-28,32-33,45,47H,8,10-23H2,1-7H3,(H,40,49)(H,41,50)(H,42,51)(H,44,48)/b30-9-. The third-order valence-electron chi connectivity index (χ3n) is 9.23. The molecule has 0 fully saturated rings. The normalized spacial score (nSPS) is 14.9. The summed E-state index contributed by atoms with van der Waals surface area (Å²) >= 11 is 1.12. The quantitative estimate of drug-likeness (QED) is 0.0383. The monoisotopic (exact) mass is 779 g/mol. The molecule has 0 saturated carbocycles.